The zero-order valence-corrected chi connectivity index (χ0v) is 11.9. The van der Waals surface area contributed by atoms with Gasteiger partial charge in [0.1, 0.15) is 0 Å². The SMILES string of the molecule is CCC(=O)N(CCCOC(C)C)CCC(N)=S. The van der Waals surface area contributed by atoms with Crippen LogP contribution in [0.15, 0.2) is 0 Å². The van der Waals surface area contributed by atoms with Crippen molar-refractivity contribution in [3.63, 3.8) is 0 Å². The Bertz CT molecular complexity index is 245. The fraction of sp³-hybridized carbons (Fsp3) is 0.833. The third-order valence-electron chi connectivity index (χ3n) is 2.31. The van der Waals surface area contributed by atoms with Crippen molar-refractivity contribution < 1.29 is 9.53 Å². The summed E-state index contributed by atoms with van der Waals surface area (Å²) in [6.07, 6.45) is 2.19. The second-order valence-corrected chi connectivity index (χ2v) is 4.75. The summed E-state index contributed by atoms with van der Waals surface area (Å²) >= 11 is 4.82. The molecule has 0 saturated carbocycles. The van der Waals surface area contributed by atoms with E-state index in [2.05, 4.69) is 0 Å². The fourth-order valence-electron chi connectivity index (χ4n) is 1.40. The smallest absolute Gasteiger partial charge is 0.222 e. The third kappa shape index (κ3) is 9.06. The third-order valence-corrected chi connectivity index (χ3v) is 2.51. The number of carbonyl (C=O) groups is 1. The van der Waals surface area contributed by atoms with Gasteiger partial charge in [0.25, 0.3) is 0 Å². The number of carbonyl (C=O) groups excluding carboxylic acids is 1. The Hall–Kier alpha value is -0.680. The molecule has 17 heavy (non-hydrogen) atoms. The van der Waals surface area contributed by atoms with E-state index in [1.165, 1.54) is 0 Å². The molecule has 0 unspecified atom stereocenters. The van der Waals surface area contributed by atoms with E-state index in [-0.39, 0.29) is 12.0 Å². The molecule has 0 saturated heterocycles. The van der Waals surface area contributed by atoms with Crippen LogP contribution in [-0.4, -0.2) is 41.6 Å². The van der Waals surface area contributed by atoms with Gasteiger partial charge >= 0.3 is 0 Å². The van der Waals surface area contributed by atoms with Gasteiger partial charge in [-0.2, -0.15) is 0 Å². The van der Waals surface area contributed by atoms with Crippen LogP contribution in [0.4, 0.5) is 0 Å². The molecule has 4 nitrogen and oxygen atoms in total. The molecule has 5 heteroatoms. The maximum Gasteiger partial charge on any atom is 0.222 e. The van der Waals surface area contributed by atoms with Crippen LogP contribution in [0.1, 0.15) is 40.0 Å². The molecule has 0 aromatic rings. The number of nitrogens with zero attached hydrogens (tertiary/aromatic N) is 1. The molecule has 0 radical (unpaired) electrons. The van der Waals surface area contributed by atoms with Gasteiger partial charge in [0.15, 0.2) is 0 Å². The predicted octanol–water partition coefficient (Wildman–Crippen LogP) is 1.72. The van der Waals surface area contributed by atoms with Crippen LogP contribution in [0.3, 0.4) is 0 Å². The fourth-order valence-corrected chi connectivity index (χ4v) is 1.50. The number of hydrogen-bond donors (Lipinski definition) is 1. The van der Waals surface area contributed by atoms with E-state index in [0.29, 0.717) is 37.5 Å². The monoisotopic (exact) mass is 260 g/mol. The topological polar surface area (TPSA) is 55.6 Å². The van der Waals surface area contributed by atoms with Gasteiger partial charge in [0.05, 0.1) is 11.1 Å². The van der Waals surface area contributed by atoms with Crippen LogP contribution in [0.5, 0.6) is 0 Å². The molecule has 0 heterocycles. The largest absolute Gasteiger partial charge is 0.393 e. The number of rotatable bonds is 9. The van der Waals surface area contributed by atoms with Crippen LogP contribution in [0, 0.1) is 0 Å². The van der Waals surface area contributed by atoms with Crippen LogP contribution in [-0.2, 0) is 9.53 Å². The van der Waals surface area contributed by atoms with Gasteiger partial charge < -0.3 is 15.4 Å². The first-order chi connectivity index (χ1) is 7.97. The molecular weight excluding hydrogens is 236 g/mol. The number of ether oxygens (including phenoxy) is 1. The lowest BCUT2D eigenvalue weighted by Gasteiger charge is -2.22. The van der Waals surface area contributed by atoms with Crippen LogP contribution in [0.2, 0.25) is 0 Å². The Morgan fingerprint density at radius 2 is 2.06 bits per heavy atom. The molecule has 0 bridgehead atoms. The highest BCUT2D eigenvalue weighted by atomic mass is 32.1. The van der Waals surface area contributed by atoms with Crippen LogP contribution < -0.4 is 5.73 Å². The van der Waals surface area contributed by atoms with Gasteiger partial charge in [-0.05, 0) is 20.3 Å². The molecular formula is C12H24N2O2S. The summed E-state index contributed by atoms with van der Waals surface area (Å²) in [5, 5.41) is 0. The first kappa shape index (κ1) is 16.3. The van der Waals surface area contributed by atoms with Gasteiger partial charge in [-0.1, -0.05) is 19.1 Å². The summed E-state index contributed by atoms with van der Waals surface area (Å²) in [5.41, 5.74) is 5.45. The second kappa shape index (κ2) is 9.36. The van der Waals surface area contributed by atoms with Crippen molar-refractivity contribution >= 4 is 23.1 Å². The van der Waals surface area contributed by atoms with Crippen molar-refractivity contribution in [2.45, 2.75) is 46.1 Å². The molecule has 0 atom stereocenters. The second-order valence-electron chi connectivity index (χ2n) is 4.22. The van der Waals surface area contributed by atoms with E-state index in [1.807, 2.05) is 25.7 Å². The molecule has 0 fully saturated rings. The van der Waals surface area contributed by atoms with Crippen molar-refractivity contribution in [2.75, 3.05) is 19.7 Å². The van der Waals surface area contributed by atoms with E-state index in [1.54, 1.807) is 0 Å². The van der Waals surface area contributed by atoms with Crippen LogP contribution >= 0.6 is 12.2 Å². The molecule has 0 aliphatic carbocycles. The molecule has 100 valence electrons. The molecule has 0 aromatic carbocycles. The zero-order chi connectivity index (χ0) is 13.3. The summed E-state index contributed by atoms with van der Waals surface area (Å²) in [4.78, 5) is 13.9. The summed E-state index contributed by atoms with van der Waals surface area (Å²) in [5.74, 6) is 0.144. The van der Waals surface area contributed by atoms with E-state index in [4.69, 9.17) is 22.7 Å². The van der Waals surface area contributed by atoms with E-state index in [9.17, 15) is 4.79 Å². The Labute approximate surface area is 109 Å². The predicted molar refractivity (Wildman–Crippen MR) is 74.0 cm³/mol. The van der Waals surface area contributed by atoms with Gasteiger partial charge in [-0.3, -0.25) is 4.79 Å². The van der Waals surface area contributed by atoms with Crippen molar-refractivity contribution in [3.8, 4) is 0 Å². The van der Waals surface area contributed by atoms with Crippen molar-refractivity contribution in [1.29, 1.82) is 0 Å². The zero-order valence-electron chi connectivity index (χ0n) is 11.1. The molecule has 0 spiro atoms. The number of amides is 1. The summed E-state index contributed by atoms with van der Waals surface area (Å²) in [7, 11) is 0. The Morgan fingerprint density at radius 1 is 1.41 bits per heavy atom. The molecule has 0 rings (SSSR count). The Kier molecular flexibility index (Phi) is 8.99. The molecule has 1 amide bonds. The summed E-state index contributed by atoms with van der Waals surface area (Å²) in [6.45, 7) is 7.87. The lowest BCUT2D eigenvalue weighted by Crippen LogP contribution is -2.34. The maximum absolute atomic E-state index is 11.7. The Morgan fingerprint density at radius 3 is 2.53 bits per heavy atom. The first-order valence-corrected chi connectivity index (χ1v) is 6.55. The number of nitrogens with two attached hydrogens (primary N) is 1. The van der Waals surface area contributed by atoms with Crippen LogP contribution in [0.25, 0.3) is 0 Å². The molecule has 0 aliphatic heterocycles. The first-order valence-electron chi connectivity index (χ1n) is 6.15. The molecule has 2 N–H and O–H groups in total. The maximum atomic E-state index is 11.7. The number of hydrogen-bond acceptors (Lipinski definition) is 3. The molecule has 0 aliphatic rings. The lowest BCUT2D eigenvalue weighted by molar-refractivity contribution is -0.131. The quantitative estimate of drug-likeness (QED) is 0.506. The highest BCUT2D eigenvalue weighted by Gasteiger charge is 2.11. The number of thiocarbonyl (C=S) groups is 1. The normalized spacial score (nSPS) is 10.6. The van der Waals surface area contributed by atoms with Gasteiger partial charge in [-0.15, -0.1) is 0 Å². The minimum absolute atomic E-state index is 0.144. The lowest BCUT2D eigenvalue weighted by atomic mass is 10.3. The van der Waals surface area contributed by atoms with Crippen molar-refractivity contribution in [2.24, 2.45) is 5.73 Å². The minimum Gasteiger partial charge on any atom is -0.393 e. The standard InChI is InChI=1S/C12H24N2O2S/c1-4-12(15)14(8-6-11(13)17)7-5-9-16-10(2)3/h10H,4-9H2,1-3H3,(H2,13,17). The van der Waals surface area contributed by atoms with E-state index < -0.39 is 0 Å². The average Bonchev–Trinajstić information content (AvgIpc) is 2.26. The minimum atomic E-state index is 0.144. The van der Waals surface area contributed by atoms with Gasteiger partial charge in [0.2, 0.25) is 5.91 Å². The summed E-state index contributed by atoms with van der Waals surface area (Å²) < 4.78 is 5.44. The molecule has 0 aromatic heterocycles. The Balaban J connectivity index is 3.93. The highest BCUT2D eigenvalue weighted by molar-refractivity contribution is 7.80. The average molecular weight is 260 g/mol. The summed E-state index contributed by atoms with van der Waals surface area (Å²) in [6, 6.07) is 0. The van der Waals surface area contributed by atoms with Gasteiger partial charge in [-0.25, -0.2) is 0 Å². The van der Waals surface area contributed by atoms with E-state index >= 15 is 0 Å². The van der Waals surface area contributed by atoms with Crippen molar-refractivity contribution in [1.82, 2.24) is 4.90 Å². The van der Waals surface area contributed by atoms with Gasteiger partial charge in [0, 0.05) is 32.5 Å². The van der Waals surface area contributed by atoms with Crippen molar-refractivity contribution in [3.05, 3.63) is 0 Å². The highest BCUT2D eigenvalue weighted by Crippen LogP contribution is 2.00. The van der Waals surface area contributed by atoms with E-state index in [0.717, 1.165) is 6.42 Å².